The Morgan fingerprint density at radius 3 is 2.79 bits per heavy atom. The minimum Gasteiger partial charge on any atom is -0.490 e. The molecule has 0 bridgehead atoms. The number of nitrogens with zero attached hydrogens (tertiary/aromatic N) is 3. The monoisotopic (exact) mass is 404 g/mol. The molecule has 0 spiro atoms. The Morgan fingerprint density at radius 2 is 2.11 bits per heavy atom. The van der Waals surface area contributed by atoms with Crippen molar-refractivity contribution >= 4 is 29.0 Å². The van der Waals surface area contributed by atoms with E-state index < -0.39 is 16.6 Å². The van der Waals surface area contributed by atoms with E-state index in [4.69, 9.17) is 16.3 Å². The molecule has 28 heavy (non-hydrogen) atoms. The Bertz CT molecular complexity index is 1050. The van der Waals surface area contributed by atoms with Gasteiger partial charge in [-0.05, 0) is 29.8 Å². The Hall–Kier alpha value is -3.46. The number of rotatable bonds is 6. The zero-order valence-corrected chi connectivity index (χ0v) is 15.3. The molecule has 3 aromatic rings. The highest BCUT2D eigenvalue weighted by Gasteiger charge is 2.18. The fraction of sp³-hybridized carbons (Fsp3) is 0.111. The Kier molecular flexibility index (Phi) is 5.55. The van der Waals surface area contributed by atoms with Crippen molar-refractivity contribution in [3.8, 4) is 5.75 Å². The molecule has 1 aromatic heterocycles. The number of halogens is 2. The van der Waals surface area contributed by atoms with Gasteiger partial charge in [0.25, 0.3) is 5.91 Å². The van der Waals surface area contributed by atoms with Crippen LogP contribution in [-0.4, -0.2) is 27.7 Å². The van der Waals surface area contributed by atoms with Gasteiger partial charge in [0.05, 0.1) is 18.6 Å². The van der Waals surface area contributed by atoms with Crippen LogP contribution in [0.15, 0.2) is 48.7 Å². The van der Waals surface area contributed by atoms with Gasteiger partial charge in [0, 0.05) is 28.9 Å². The molecule has 0 fully saturated rings. The van der Waals surface area contributed by atoms with E-state index in [1.54, 1.807) is 18.3 Å². The molecule has 10 heteroatoms. The first kappa shape index (κ1) is 19.3. The van der Waals surface area contributed by atoms with Crippen LogP contribution in [0.1, 0.15) is 15.9 Å². The summed E-state index contributed by atoms with van der Waals surface area (Å²) in [7, 11) is 1.31. The van der Waals surface area contributed by atoms with Gasteiger partial charge >= 0.3 is 5.69 Å². The summed E-state index contributed by atoms with van der Waals surface area (Å²) in [5, 5.41) is 18.1. The van der Waals surface area contributed by atoms with E-state index in [9.17, 15) is 19.3 Å². The van der Waals surface area contributed by atoms with Crippen LogP contribution in [0, 0.1) is 15.9 Å². The van der Waals surface area contributed by atoms with Gasteiger partial charge < -0.3 is 10.1 Å². The van der Waals surface area contributed by atoms with Gasteiger partial charge in [-0.15, -0.1) is 0 Å². The number of anilines is 1. The lowest BCUT2D eigenvalue weighted by molar-refractivity contribution is -0.385. The average Bonchev–Trinajstić information content (AvgIpc) is 3.10. The molecule has 144 valence electrons. The molecule has 3 rings (SSSR count). The van der Waals surface area contributed by atoms with Crippen LogP contribution < -0.4 is 10.1 Å². The minimum absolute atomic E-state index is 0.0574. The molecule has 1 heterocycles. The van der Waals surface area contributed by atoms with Gasteiger partial charge in [0.1, 0.15) is 5.82 Å². The lowest BCUT2D eigenvalue weighted by atomic mass is 10.1. The van der Waals surface area contributed by atoms with Gasteiger partial charge in [-0.3, -0.25) is 19.6 Å². The Labute approximate surface area is 163 Å². The number of hydrogen-bond donors (Lipinski definition) is 1. The summed E-state index contributed by atoms with van der Waals surface area (Å²) in [6, 6.07) is 9.51. The number of amides is 1. The number of aromatic nitrogens is 2. The zero-order chi connectivity index (χ0) is 20.3. The fourth-order valence-corrected chi connectivity index (χ4v) is 2.73. The largest absolute Gasteiger partial charge is 0.490 e. The van der Waals surface area contributed by atoms with E-state index in [0.29, 0.717) is 5.56 Å². The van der Waals surface area contributed by atoms with Crippen molar-refractivity contribution in [3.05, 3.63) is 80.7 Å². The van der Waals surface area contributed by atoms with Crippen LogP contribution in [-0.2, 0) is 6.54 Å². The van der Waals surface area contributed by atoms with Crippen LogP contribution in [0.25, 0.3) is 0 Å². The third-order valence-electron chi connectivity index (χ3n) is 3.87. The summed E-state index contributed by atoms with van der Waals surface area (Å²) in [6.07, 6.45) is 1.62. The van der Waals surface area contributed by atoms with Crippen LogP contribution in [0.2, 0.25) is 5.02 Å². The number of benzene rings is 2. The summed E-state index contributed by atoms with van der Waals surface area (Å²) in [4.78, 5) is 22.8. The molecule has 8 nitrogen and oxygen atoms in total. The molecule has 0 aliphatic heterocycles. The summed E-state index contributed by atoms with van der Waals surface area (Å²) in [5.41, 5.74) is 0.435. The van der Waals surface area contributed by atoms with E-state index in [-0.39, 0.29) is 34.4 Å². The van der Waals surface area contributed by atoms with E-state index in [1.807, 2.05) is 0 Å². The van der Waals surface area contributed by atoms with Gasteiger partial charge in [0.15, 0.2) is 11.6 Å². The number of carbonyl (C=O) groups is 1. The second kappa shape index (κ2) is 8.05. The maximum absolute atomic E-state index is 13.1. The summed E-state index contributed by atoms with van der Waals surface area (Å²) >= 11 is 6.00. The second-order valence-electron chi connectivity index (χ2n) is 5.73. The highest BCUT2D eigenvalue weighted by atomic mass is 35.5. The molecule has 0 radical (unpaired) electrons. The Morgan fingerprint density at radius 1 is 1.32 bits per heavy atom. The zero-order valence-electron chi connectivity index (χ0n) is 14.6. The Balaban J connectivity index is 1.73. The van der Waals surface area contributed by atoms with Gasteiger partial charge in [-0.2, -0.15) is 5.10 Å². The number of nitrogens with one attached hydrogen (secondary N) is 1. The van der Waals surface area contributed by atoms with Crippen molar-refractivity contribution in [2.75, 3.05) is 12.4 Å². The molecule has 0 saturated carbocycles. The maximum atomic E-state index is 13.1. The van der Waals surface area contributed by atoms with Gasteiger partial charge in [-0.1, -0.05) is 17.7 Å². The molecule has 0 aliphatic carbocycles. The van der Waals surface area contributed by atoms with Crippen molar-refractivity contribution in [2.24, 2.45) is 0 Å². The minimum atomic E-state index is -0.628. The first-order valence-electron chi connectivity index (χ1n) is 7.98. The molecular formula is C18H14ClFN4O4. The maximum Gasteiger partial charge on any atom is 0.311 e. The van der Waals surface area contributed by atoms with Gasteiger partial charge in [-0.25, -0.2) is 4.39 Å². The first-order valence-corrected chi connectivity index (χ1v) is 8.36. The molecule has 1 amide bonds. The molecule has 2 aromatic carbocycles. The van der Waals surface area contributed by atoms with E-state index in [2.05, 4.69) is 10.4 Å². The second-order valence-corrected chi connectivity index (χ2v) is 6.14. The number of carbonyl (C=O) groups excluding carboxylic acids is 1. The predicted octanol–water partition coefficient (Wildman–Crippen LogP) is 3.89. The first-order chi connectivity index (χ1) is 13.4. The van der Waals surface area contributed by atoms with Crippen molar-refractivity contribution in [1.29, 1.82) is 0 Å². The van der Waals surface area contributed by atoms with Crippen molar-refractivity contribution in [3.63, 3.8) is 0 Å². The predicted molar refractivity (Wildman–Crippen MR) is 100 cm³/mol. The van der Waals surface area contributed by atoms with Crippen LogP contribution in [0.5, 0.6) is 5.75 Å². The molecule has 1 N–H and O–H groups in total. The topological polar surface area (TPSA) is 99.3 Å². The smallest absolute Gasteiger partial charge is 0.311 e. The number of nitro benzene ring substituents is 1. The van der Waals surface area contributed by atoms with Crippen LogP contribution in [0.4, 0.5) is 15.9 Å². The fourth-order valence-electron chi connectivity index (χ4n) is 2.50. The number of ether oxygens (including phenoxy) is 1. The van der Waals surface area contributed by atoms with Crippen molar-refractivity contribution < 1.29 is 18.8 Å². The third-order valence-corrected chi connectivity index (χ3v) is 4.22. The van der Waals surface area contributed by atoms with Crippen molar-refractivity contribution in [2.45, 2.75) is 6.54 Å². The average molecular weight is 405 g/mol. The molecule has 0 atom stereocenters. The molecular weight excluding hydrogens is 391 g/mol. The lowest BCUT2D eigenvalue weighted by Crippen LogP contribution is -2.13. The molecule has 0 aliphatic rings. The lowest BCUT2D eigenvalue weighted by Gasteiger charge is -2.06. The summed E-state index contributed by atoms with van der Waals surface area (Å²) in [6.45, 7) is 0.281. The highest BCUT2D eigenvalue weighted by molar-refractivity contribution is 6.31. The standard InChI is InChI=1S/C18H14ClFN4O4/c1-28-16-5-3-11(8-15(16)24(26)27)18(25)21-17-6-7-23(22-17)10-12-2-4-13(20)9-14(12)19/h2-9H,10H2,1H3,(H,21,22,25). The normalized spacial score (nSPS) is 10.5. The molecule has 0 unspecified atom stereocenters. The number of hydrogen-bond acceptors (Lipinski definition) is 5. The highest BCUT2D eigenvalue weighted by Crippen LogP contribution is 2.27. The number of methoxy groups -OCH3 is 1. The summed E-state index contributed by atoms with van der Waals surface area (Å²) in [5.74, 6) is -0.685. The van der Waals surface area contributed by atoms with Crippen LogP contribution >= 0.6 is 11.6 Å². The third kappa shape index (κ3) is 4.26. The van der Waals surface area contributed by atoms with E-state index in [0.717, 1.165) is 6.07 Å². The quantitative estimate of drug-likeness (QED) is 0.496. The van der Waals surface area contributed by atoms with Crippen LogP contribution in [0.3, 0.4) is 0 Å². The van der Waals surface area contributed by atoms with E-state index >= 15 is 0 Å². The molecule has 0 saturated heterocycles. The SMILES string of the molecule is COc1ccc(C(=O)Nc2ccn(Cc3ccc(F)cc3Cl)n2)cc1[N+](=O)[O-]. The van der Waals surface area contributed by atoms with E-state index in [1.165, 1.54) is 36.1 Å². The number of nitro groups is 1. The van der Waals surface area contributed by atoms with Gasteiger partial charge in [0.2, 0.25) is 0 Å². The van der Waals surface area contributed by atoms with Crippen molar-refractivity contribution in [1.82, 2.24) is 9.78 Å². The summed E-state index contributed by atoms with van der Waals surface area (Å²) < 4.78 is 19.5.